The second-order valence-electron chi connectivity index (χ2n) is 2.58. The van der Waals surface area contributed by atoms with E-state index in [4.69, 9.17) is 0 Å². The first-order valence-electron chi connectivity index (χ1n) is 3.72. The summed E-state index contributed by atoms with van der Waals surface area (Å²) in [5, 5.41) is 0. The van der Waals surface area contributed by atoms with Crippen molar-refractivity contribution >= 4 is 19.8 Å². The molecule has 0 aromatic heterocycles. The maximum Gasteiger partial charge on any atom is 0.267 e. The molecule has 5 heteroatoms. The lowest BCUT2D eigenvalue weighted by Crippen LogP contribution is -2.33. The molecule has 0 saturated carbocycles. The summed E-state index contributed by atoms with van der Waals surface area (Å²) in [6, 6.07) is 0. The van der Waals surface area contributed by atoms with Crippen LogP contribution in [-0.2, 0) is 9.06 Å². The minimum atomic E-state index is -2.97. The first kappa shape index (κ1) is 9.35. The van der Waals surface area contributed by atoms with Gasteiger partial charge in [-0.05, 0) is 29.9 Å². The highest BCUT2D eigenvalue weighted by molar-refractivity contribution is 8.70. The summed E-state index contributed by atoms with van der Waals surface area (Å²) in [5.41, 5.74) is 0. The highest BCUT2D eigenvalue weighted by atomic mass is 33.1. The normalized spacial score (nSPS) is 21.9. The zero-order valence-electron chi connectivity index (χ0n) is 6.62. The Morgan fingerprint density at radius 1 is 1.18 bits per heavy atom. The molecule has 0 N–H and O–H groups in total. The van der Waals surface area contributed by atoms with Crippen LogP contribution in [0.25, 0.3) is 0 Å². The van der Waals surface area contributed by atoms with Crippen molar-refractivity contribution in [2.45, 2.75) is 19.3 Å². The number of rotatable bonds is 2. The molecule has 1 rings (SSSR count). The lowest BCUT2D eigenvalue weighted by molar-refractivity contribution is 0.354. The zero-order chi connectivity index (χ0) is 8.32. The van der Waals surface area contributed by atoms with Gasteiger partial charge in [0.15, 0.2) is 0 Å². The fourth-order valence-corrected chi connectivity index (χ4v) is 3.19. The van der Waals surface area contributed by atoms with Crippen LogP contribution in [0.15, 0.2) is 0 Å². The van der Waals surface area contributed by atoms with Crippen molar-refractivity contribution in [2.24, 2.45) is 0 Å². The smallest absolute Gasteiger partial charge is 0.200 e. The lowest BCUT2D eigenvalue weighted by Gasteiger charge is -2.24. The number of hydrogen-bond acceptors (Lipinski definition) is 3. The molecule has 0 radical (unpaired) electrons. The average molecular weight is 195 g/mol. The molecule has 11 heavy (non-hydrogen) atoms. The van der Waals surface area contributed by atoms with E-state index in [9.17, 15) is 8.42 Å². The van der Waals surface area contributed by atoms with Crippen LogP contribution in [0.3, 0.4) is 0 Å². The minimum absolute atomic E-state index is 0.711. The van der Waals surface area contributed by atoms with Crippen LogP contribution in [0.4, 0.5) is 0 Å². The molecule has 66 valence electrons. The summed E-state index contributed by atoms with van der Waals surface area (Å²) in [6.45, 7) is 1.42. The van der Waals surface area contributed by atoms with Crippen LogP contribution in [-0.4, -0.2) is 32.1 Å². The molecule has 0 aromatic carbocycles. The van der Waals surface area contributed by atoms with Crippen LogP contribution < -0.4 is 0 Å². The van der Waals surface area contributed by atoms with Gasteiger partial charge in [-0.15, -0.1) is 0 Å². The van der Waals surface area contributed by atoms with Gasteiger partial charge in [0, 0.05) is 13.1 Å². The van der Waals surface area contributed by atoms with Crippen molar-refractivity contribution in [2.75, 3.05) is 19.3 Å². The van der Waals surface area contributed by atoms with Crippen LogP contribution in [0.5, 0.6) is 0 Å². The Bertz CT molecular complexity index is 207. The van der Waals surface area contributed by atoms with E-state index in [1.165, 1.54) is 6.42 Å². The van der Waals surface area contributed by atoms with E-state index in [1.54, 1.807) is 10.6 Å². The highest BCUT2D eigenvalue weighted by Gasteiger charge is 2.22. The van der Waals surface area contributed by atoms with E-state index in [0.717, 1.165) is 23.6 Å². The van der Waals surface area contributed by atoms with E-state index in [-0.39, 0.29) is 0 Å². The van der Waals surface area contributed by atoms with Gasteiger partial charge in [-0.3, -0.25) is 0 Å². The first-order valence-corrected chi connectivity index (χ1v) is 6.90. The Hall–Kier alpha value is 0.260. The summed E-state index contributed by atoms with van der Waals surface area (Å²) in [7, 11) is -2.04. The molecular formula is C6H13NO2S2. The van der Waals surface area contributed by atoms with Crippen molar-refractivity contribution in [3.63, 3.8) is 0 Å². The van der Waals surface area contributed by atoms with Gasteiger partial charge in [-0.25, -0.2) is 8.42 Å². The van der Waals surface area contributed by atoms with E-state index in [2.05, 4.69) is 0 Å². The maximum atomic E-state index is 11.2. The largest absolute Gasteiger partial charge is 0.267 e. The molecule has 1 fully saturated rings. The molecule has 0 atom stereocenters. The summed E-state index contributed by atoms with van der Waals surface area (Å²) in [5.74, 6) is 0. The van der Waals surface area contributed by atoms with Crippen LogP contribution >= 0.6 is 10.8 Å². The average Bonchev–Trinajstić information content (AvgIpc) is 2.06. The lowest BCUT2D eigenvalue weighted by atomic mass is 10.2. The second kappa shape index (κ2) is 3.78. The van der Waals surface area contributed by atoms with Crippen LogP contribution in [0.1, 0.15) is 19.3 Å². The fraction of sp³-hybridized carbons (Fsp3) is 1.00. The highest BCUT2D eigenvalue weighted by Crippen LogP contribution is 2.19. The monoisotopic (exact) mass is 195 g/mol. The molecule has 0 aromatic rings. The minimum Gasteiger partial charge on any atom is -0.200 e. The quantitative estimate of drug-likeness (QED) is 0.619. The van der Waals surface area contributed by atoms with Crippen molar-refractivity contribution in [1.29, 1.82) is 0 Å². The van der Waals surface area contributed by atoms with Crippen molar-refractivity contribution in [1.82, 2.24) is 4.31 Å². The predicted octanol–water partition coefficient (Wildman–Crippen LogP) is 1.08. The number of piperidine rings is 1. The Morgan fingerprint density at radius 2 is 1.73 bits per heavy atom. The van der Waals surface area contributed by atoms with Gasteiger partial charge in [0.25, 0.3) is 9.06 Å². The SMILES string of the molecule is CSS(=O)(=O)N1CCCCC1. The molecule has 1 heterocycles. The zero-order valence-corrected chi connectivity index (χ0v) is 8.25. The second-order valence-corrected chi connectivity index (χ2v) is 6.55. The number of hydrogen-bond donors (Lipinski definition) is 0. The van der Waals surface area contributed by atoms with Gasteiger partial charge in [0.1, 0.15) is 0 Å². The summed E-state index contributed by atoms with van der Waals surface area (Å²) >= 11 is 0. The van der Waals surface area contributed by atoms with E-state index >= 15 is 0 Å². The first-order chi connectivity index (χ1) is 5.17. The molecule has 1 aliphatic heterocycles. The van der Waals surface area contributed by atoms with Gasteiger partial charge >= 0.3 is 0 Å². The molecule has 1 aliphatic rings. The topological polar surface area (TPSA) is 37.4 Å². The third-order valence-corrected chi connectivity index (χ3v) is 5.16. The molecule has 0 bridgehead atoms. The third-order valence-electron chi connectivity index (χ3n) is 1.84. The Kier molecular flexibility index (Phi) is 3.21. The van der Waals surface area contributed by atoms with Gasteiger partial charge < -0.3 is 0 Å². The molecule has 0 amide bonds. The summed E-state index contributed by atoms with van der Waals surface area (Å²) in [4.78, 5) is 0. The molecule has 0 aliphatic carbocycles. The molecule has 3 nitrogen and oxygen atoms in total. The molecule has 0 unspecified atom stereocenters. The van der Waals surface area contributed by atoms with Crippen molar-refractivity contribution in [3.05, 3.63) is 0 Å². The molecule has 1 saturated heterocycles. The Balaban J connectivity index is 2.58. The fourth-order valence-electron chi connectivity index (χ4n) is 1.19. The summed E-state index contributed by atoms with van der Waals surface area (Å²) < 4.78 is 24.1. The van der Waals surface area contributed by atoms with E-state index in [0.29, 0.717) is 13.1 Å². The van der Waals surface area contributed by atoms with Gasteiger partial charge in [-0.1, -0.05) is 6.42 Å². The number of nitrogens with zero attached hydrogens (tertiary/aromatic N) is 1. The van der Waals surface area contributed by atoms with Crippen LogP contribution in [0.2, 0.25) is 0 Å². The molecule has 0 spiro atoms. The Labute approximate surface area is 71.6 Å². The van der Waals surface area contributed by atoms with Crippen molar-refractivity contribution in [3.8, 4) is 0 Å². The van der Waals surface area contributed by atoms with Gasteiger partial charge in [0.2, 0.25) is 0 Å². The molecular weight excluding hydrogens is 182 g/mol. The van der Waals surface area contributed by atoms with Crippen LogP contribution in [0, 0.1) is 0 Å². The maximum absolute atomic E-state index is 11.2. The van der Waals surface area contributed by atoms with E-state index in [1.807, 2.05) is 0 Å². The third kappa shape index (κ3) is 2.35. The van der Waals surface area contributed by atoms with Gasteiger partial charge in [-0.2, -0.15) is 4.31 Å². The predicted molar refractivity (Wildman–Crippen MR) is 47.9 cm³/mol. The van der Waals surface area contributed by atoms with E-state index < -0.39 is 9.06 Å². The summed E-state index contributed by atoms with van der Waals surface area (Å²) in [6.07, 6.45) is 4.81. The van der Waals surface area contributed by atoms with Gasteiger partial charge in [0.05, 0.1) is 0 Å². The Morgan fingerprint density at radius 3 is 2.18 bits per heavy atom. The standard InChI is InChI=1S/C6H13NO2S2/c1-10-11(8,9)7-5-3-2-4-6-7/h2-6H2,1H3. The van der Waals surface area contributed by atoms with Crippen molar-refractivity contribution < 1.29 is 8.42 Å².